The summed E-state index contributed by atoms with van der Waals surface area (Å²) in [6.07, 6.45) is 1.78. The highest BCUT2D eigenvalue weighted by Crippen LogP contribution is 2.16. The molecule has 4 heteroatoms. The van der Waals surface area contributed by atoms with Crippen LogP contribution in [0.25, 0.3) is 0 Å². The summed E-state index contributed by atoms with van der Waals surface area (Å²) >= 11 is 0.733. The van der Waals surface area contributed by atoms with E-state index in [1.165, 1.54) is 0 Å². The molecule has 0 radical (unpaired) electrons. The van der Waals surface area contributed by atoms with E-state index in [0.29, 0.717) is 0 Å². The lowest BCUT2D eigenvalue weighted by molar-refractivity contribution is 0.663. The average Bonchev–Trinajstić information content (AvgIpc) is 2.10. The zero-order valence-corrected chi connectivity index (χ0v) is 6.14. The van der Waals surface area contributed by atoms with Crippen LogP contribution in [0.3, 0.4) is 0 Å². The maximum atomic E-state index is 8.60. The lowest BCUT2D eigenvalue weighted by atomic mass is 10.5. The van der Waals surface area contributed by atoms with Crippen LogP contribution in [0.2, 0.25) is 0 Å². The first-order valence-electron chi connectivity index (χ1n) is 2.55. The molecule has 0 aromatic carbocycles. The van der Waals surface area contributed by atoms with Crippen molar-refractivity contribution in [2.75, 3.05) is 0 Å². The van der Waals surface area contributed by atoms with Crippen molar-refractivity contribution in [3.63, 3.8) is 0 Å². The molecule has 1 N–H and O–H groups in total. The van der Waals surface area contributed by atoms with Crippen molar-refractivity contribution in [1.82, 2.24) is 9.78 Å². The van der Waals surface area contributed by atoms with Gasteiger partial charge in [0.25, 0.3) is 0 Å². The lowest BCUT2D eigenvalue weighted by Crippen LogP contribution is -1.86. The number of aryl methyl sites for hydroxylation is 2. The van der Waals surface area contributed by atoms with Crippen LogP contribution in [0.4, 0.5) is 0 Å². The predicted molar refractivity (Wildman–Crippen MR) is 36.4 cm³/mol. The van der Waals surface area contributed by atoms with Crippen molar-refractivity contribution in [2.24, 2.45) is 7.05 Å². The summed E-state index contributed by atoms with van der Waals surface area (Å²) in [5, 5.41) is 4.02. The summed E-state index contributed by atoms with van der Waals surface area (Å²) in [5.74, 6) is 0. The third-order valence-electron chi connectivity index (χ3n) is 1.07. The molecule has 0 amide bonds. The lowest BCUT2D eigenvalue weighted by Gasteiger charge is -1.83. The van der Waals surface area contributed by atoms with Crippen LogP contribution < -0.4 is 0 Å². The highest BCUT2D eigenvalue weighted by atomic mass is 32.2. The first-order valence-corrected chi connectivity index (χ1v) is 3.33. The largest absolute Gasteiger partial charge is 0.325 e. The molecule has 1 heterocycles. The Morgan fingerprint density at radius 1 is 1.78 bits per heavy atom. The van der Waals surface area contributed by atoms with Crippen LogP contribution in [0.1, 0.15) is 5.69 Å². The second-order valence-electron chi connectivity index (χ2n) is 1.84. The van der Waals surface area contributed by atoms with Gasteiger partial charge in [-0.1, -0.05) is 0 Å². The number of nitrogens with zero attached hydrogens (tertiary/aromatic N) is 2. The molecule has 1 aromatic rings. The van der Waals surface area contributed by atoms with E-state index in [4.69, 9.17) is 4.55 Å². The monoisotopic (exact) mass is 144 g/mol. The zero-order valence-electron chi connectivity index (χ0n) is 5.33. The molecule has 0 saturated heterocycles. The van der Waals surface area contributed by atoms with Crippen molar-refractivity contribution in [3.05, 3.63) is 11.9 Å². The minimum Gasteiger partial charge on any atom is -0.325 e. The van der Waals surface area contributed by atoms with Gasteiger partial charge in [-0.2, -0.15) is 5.10 Å². The molecule has 0 aliphatic heterocycles. The molecule has 9 heavy (non-hydrogen) atoms. The van der Waals surface area contributed by atoms with Gasteiger partial charge in [-0.05, 0) is 6.92 Å². The molecular formula is C5H8N2OS. The summed E-state index contributed by atoms with van der Waals surface area (Å²) in [6.45, 7) is 1.86. The van der Waals surface area contributed by atoms with E-state index in [1.54, 1.807) is 10.9 Å². The predicted octanol–water partition coefficient (Wildman–Crippen LogP) is 1.29. The minimum absolute atomic E-state index is 0.733. The molecule has 0 fully saturated rings. The van der Waals surface area contributed by atoms with Gasteiger partial charge in [-0.15, -0.1) is 0 Å². The van der Waals surface area contributed by atoms with Gasteiger partial charge in [0.15, 0.2) is 0 Å². The Labute approximate surface area is 57.9 Å². The van der Waals surface area contributed by atoms with E-state index < -0.39 is 0 Å². The summed E-state index contributed by atoms with van der Waals surface area (Å²) in [5.41, 5.74) is 0.866. The number of aromatic nitrogens is 2. The second kappa shape index (κ2) is 2.41. The Balaban J connectivity index is 3.01. The van der Waals surface area contributed by atoms with Crippen LogP contribution in [0, 0.1) is 6.92 Å². The normalized spacial score (nSPS) is 10.1. The highest BCUT2D eigenvalue weighted by Gasteiger charge is 1.99. The molecule has 1 rings (SSSR count). The van der Waals surface area contributed by atoms with Gasteiger partial charge in [0.1, 0.15) is 0 Å². The van der Waals surface area contributed by atoms with Crippen molar-refractivity contribution in [3.8, 4) is 0 Å². The van der Waals surface area contributed by atoms with Gasteiger partial charge in [0.2, 0.25) is 0 Å². The fourth-order valence-electron chi connectivity index (χ4n) is 0.667. The smallest absolute Gasteiger partial charge is 0.0759 e. The molecule has 1 aromatic heterocycles. The molecule has 50 valence electrons. The summed E-state index contributed by atoms with van der Waals surface area (Å²) in [6, 6.07) is 0. The molecule has 0 aliphatic carbocycles. The third-order valence-corrected chi connectivity index (χ3v) is 1.66. The highest BCUT2D eigenvalue weighted by molar-refractivity contribution is 7.93. The topological polar surface area (TPSA) is 38.0 Å². The molecule has 0 aliphatic rings. The van der Waals surface area contributed by atoms with Gasteiger partial charge in [0, 0.05) is 25.3 Å². The minimum atomic E-state index is 0.733. The summed E-state index contributed by atoms with van der Waals surface area (Å²) in [7, 11) is 1.83. The van der Waals surface area contributed by atoms with E-state index in [1.807, 2.05) is 14.0 Å². The van der Waals surface area contributed by atoms with E-state index in [0.717, 1.165) is 22.6 Å². The average molecular weight is 144 g/mol. The Morgan fingerprint density at radius 3 is 2.67 bits per heavy atom. The molecule has 3 nitrogen and oxygen atoms in total. The van der Waals surface area contributed by atoms with E-state index in [2.05, 4.69) is 5.10 Å². The van der Waals surface area contributed by atoms with Gasteiger partial charge >= 0.3 is 0 Å². The van der Waals surface area contributed by atoms with Gasteiger partial charge < -0.3 is 4.55 Å². The van der Waals surface area contributed by atoms with Gasteiger partial charge in [-0.25, -0.2) is 0 Å². The Morgan fingerprint density at radius 2 is 2.44 bits per heavy atom. The van der Waals surface area contributed by atoms with E-state index in [-0.39, 0.29) is 0 Å². The Bertz CT molecular complexity index is 209. The fraction of sp³-hybridized carbons (Fsp3) is 0.400. The van der Waals surface area contributed by atoms with Gasteiger partial charge in [0.05, 0.1) is 10.6 Å². The van der Waals surface area contributed by atoms with Crippen molar-refractivity contribution in [1.29, 1.82) is 0 Å². The first kappa shape index (κ1) is 6.64. The number of rotatable bonds is 1. The quantitative estimate of drug-likeness (QED) is 0.603. The van der Waals surface area contributed by atoms with Crippen molar-refractivity contribution < 1.29 is 4.55 Å². The van der Waals surface area contributed by atoms with E-state index in [9.17, 15) is 0 Å². The summed E-state index contributed by atoms with van der Waals surface area (Å²) < 4.78 is 10.3. The summed E-state index contributed by atoms with van der Waals surface area (Å²) in [4.78, 5) is 0.817. The maximum Gasteiger partial charge on any atom is 0.0759 e. The fourth-order valence-corrected chi connectivity index (χ4v) is 1.04. The number of hydrogen-bond acceptors (Lipinski definition) is 3. The Kier molecular flexibility index (Phi) is 1.78. The number of hydrogen-bond donors (Lipinski definition) is 1. The van der Waals surface area contributed by atoms with Crippen LogP contribution in [0.5, 0.6) is 0 Å². The Hall–Kier alpha value is -0.480. The van der Waals surface area contributed by atoms with E-state index >= 15 is 0 Å². The SMILES string of the molecule is Cc1nn(C)cc1SO. The second-order valence-corrected chi connectivity index (χ2v) is 2.47. The van der Waals surface area contributed by atoms with Crippen LogP contribution in [-0.4, -0.2) is 14.3 Å². The van der Waals surface area contributed by atoms with Crippen LogP contribution in [0.15, 0.2) is 11.1 Å². The first-order chi connectivity index (χ1) is 4.24. The van der Waals surface area contributed by atoms with Crippen LogP contribution in [-0.2, 0) is 7.05 Å². The van der Waals surface area contributed by atoms with Crippen molar-refractivity contribution >= 4 is 12.0 Å². The standard InChI is InChI=1S/C5H8N2OS/c1-4-5(9-8)3-7(2)6-4/h3,8H,1-2H3. The molecule has 0 saturated carbocycles. The third kappa shape index (κ3) is 1.25. The van der Waals surface area contributed by atoms with Gasteiger partial charge in [-0.3, -0.25) is 4.68 Å². The maximum absolute atomic E-state index is 8.60. The van der Waals surface area contributed by atoms with Crippen LogP contribution >= 0.6 is 12.0 Å². The molecule has 0 atom stereocenters. The molecular weight excluding hydrogens is 136 g/mol. The zero-order chi connectivity index (χ0) is 6.85. The molecule has 0 bridgehead atoms. The molecule has 0 unspecified atom stereocenters. The molecule has 0 spiro atoms. The van der Waals surface area contributed by atoms with Crippen molar-refractivity contribution in [2.45, 2.75) is 11.8 Å².